The van der Waals surface area contributed by atoms with Crippen LogP contribution in [0.2, 0.25) is 0 Å². The highest BCUT2D eigenvalue weighted by atomic mass is 16.5. The Kier molecular flexibility index (Phi) is 7.48. The first-order valence-corrected chi connectivity index (χ1v) is 11.1. The molecule has 30 heavy (non-hydrogen) atoms. The van der Waals surface area contributed by atoms with Crippen LogP contribution in [0, 0.1) is 5.92 Å². The zero-order chi connectivity index (χ0) is 21.7. The van der Waals surface area contributed by atoms with Crippen molar-refractivity contribution in [3.05, 3.63) is 23.8 Å². The smallest absolute Gasteiger partial charge is 0.263 e. The molecule has 2 aliphatic rings. The molecule has 1 N–H and O–H groups in total. The summed E-state index contributed by atoms with van der Waals surface area (Å²) in [6.07, 6.45) is 4.16. The van der Waals surface area contributed by atoms with E-state index in [2.05, 4.69) is 5.32 Å². The van der Waals surface area contributed by atoms with Gasteiger partial charge in [-0.1, -0.05) is 6.92 Å². The minimum absolute atomic E-state index is 0.128. The molecule has 0 aromatic heterocycles. The zero-order valence-corrected chi connectivity index (χ0v) is 18.3. The topological polar surface area (TPSA) is 79.0 Å². The van der Waals surface area contributed by atoms with E-state index >= 15 is 0 Å². The number of hydrogen-bond acceptors (Lipinski definition) is 5. The lowest BCUT2D eigenvalue weighted by Gasteiger charge is -2.26. The number of fused-ring (bicyclic) bond motifs is 1. The summed E-state index contributed by atoms with van der Waals surface area (Å²) in [5, 5.41) is 3.36. The molecule has 0 spiro atoms. The van der Waals surface area contributed by atoms with Gasteiger partial charge in [0.25, 0.3) is 5.91 Å². The van der Waals surface area contributed by atoms with Crippen LogP contribution in [0.5, 0.6) is 5.75 Å². The molecule has 2 heterocycles. The maximum Gasteiger partial charge on any atom is 0.263 e. The predicted octanol–water partition coefficient (Wildman–Crippen LogP) is 2.98. The van der Waals surface area contributed by atoms with Crippen molar-refractivity contribution in [1.29, 1.82) is 0 Å². The predicted molar refractivity (Wildman–Crippen MR) is 116 cm³/mol. The van der Waals surface area contributed by atoms with Crippen LogP contribution in [0.3, 0.4) is 0 Å². The van der Waals surface area contributed by atoms with Gasteiger partial charge in [0.15, 0.2) is 0 Å². The molecule has 164 valence electrons. The number of imide groups is 1. The molecule has 7 nitrogen and oxygen atoms in total. The van der Waals surface area contributed by atoms with Gasteiger partial charge in [0, 0.05) is 12.5 Å². The molecule has 0 bridgehead atoms. The van der Waals surface area contributed by atoms with Gasteiger partial charge >= 0.3 is 0 Å². The van der Waals surface area contributed by atoms with Gasteiger partial charge in [-0.3, -0.25) is 19.3 Å². The van der Waals surface area contributed by atoms with Crippen LogP contribution in [0.1, 0.15) is 63.2 Å². The second kappa shape index (κ2) is 10.1. The van der Waals surface area contributed by atoms with Gasteiger partial charge < -0.3 is 15.0 Å². The average Bonchev–Trinajstić information content (AvgIpc) is 2.83. The van der Waals surface area contributed by atoms with Gasteiger partial charge in [-0.05, 0) is 76.7 Å². The number of ether oxygens (including phenoxy) is 1. The number of nitrogens with one attached hydrogen (secondary N) is 1. The Morgan fingerprint density at radius 2 is 1.97 bits per heavy atom. The fraction of sp³-hybridized carbons (Fsp3) is 0.609. The molecule has 0 unspecified atom stereocenters. The van der Waals surface area contributed by atoms with Crippen LogP contribution in [-0.4, -0.2) is 54.9 Å². The lowest BCUT2D eigenvalue weighted by molar-refractivity contribution is -0.132. The van der Waals surface area contributed by atoms with Crippen molar-refractivity contribution in [2.75, 3.05) is 31.1 Å². The van der Waals surface area contributed by atoms with Crippen molar-refractivity contribution in [3.63, 3.8) is 0 Å². The third-order valence-electron chi connectivity index (χ3n) is 5.80. The van der Waals surface area contributed by atoms with Crippen LogP contribution < -0.4 is 15.0 Å². The third kappa shape index (κ3) is 5.01. The molecule has 7 heteroatoms. The van der Waals surface area contributed by atoms with Crippen LogP contribution in [0.4, 0.5) is 5.69 Å². The number of nitrogens with zero attached hydrogens (tertiary/aromatic N) is 2. The van der Waals surface area contributed by atoms with Crippen molar-refractivity contribution < 1.29 is 19.1 Å². The first kappa shape index (κ1) is 22.3. The lowest BCUT2D eigenvalue weighted by atomic mass is 9.95. The number of piperidine rings is 1. The van der Waals surface area contributed by atoms with Crippen LogP contribution in [0.15, 0.2) is 18.2 Å². The Morgan fingerprint density at radius 3 is 2.63 bits per heavy atom. The summed E-state index contributed by atoms with van der Waals surface area (Å²) in [7, 11) is 0. The SMILES string of the molecule is CCCC(=O)N1CC(=O)N(C(C)C)c2ccc(OCCC3CCNCC3)cc2C1=O. The summed E-state index contributed by atoms with van der Waals surface area (Å²) in [4.78, 5) is 41.3. The van der Waals surface area contributed by atoms with Gasteiger partial charge in [0.1, 0.15) is 12.3 Å². The molecular formula is C23H33N3O4. The number of carbonyl (C=O) groups excluding carboxylic acids is 3. The largest absolute Gasteiger partial charge is 0.494 e. The number of hydrogen-bond donors (Lipinski definition) is 1. The summed E-state index contributed by atoms with van der Waals surface area (Å²) in [5.41, 5.74) is 0.885. The van der Waals surface area contributed by atoms with E-state index in [1.165, 1.54) is 0 Å². The molecule has 0 aliphatic carbocycles. The third-order valence-corrected chi connectivity index (χ3v) is 5.80. The van der Waals surface area contributed by atoms with Gasteiger partial charge in [0.2, 0.25) is 11.8 Å². The number of carbonyl (C=O) groups is 3. The molecule has 0 saturated carbocycles. The van der Waals surface area contributed by atoms with Crippen molar-refractivity contribution in [2.24, 2.45) is 5.92 Å². The summed E-state index contributed by atoms with van der Waals surface area (Å²) in [5.74, 6) is 0.261. The minimum Gasteiger partial charge on any atom is -0.494 e. The molecule has 3 rings (SSSR count). The summed E-state index contributed by atoms with van der Waals surface area (Å²) >= 11 is 0. The van der Waals surface area contributed by atoms with Gasteiger partial charge in [-0.25, -0.2) is 0 Å². The van der Waals surface area contributed by atoms with E-state index in [4.69, 9.17) is 4.74 Å². The maximum absolute atomic E-state index is 13.2. The van der Waals surface area contributed by atoms with E-state index < -0.39 is 5.91 Å². The molecule has 0 atom stereocenters. The van der Waals surface area contributed by atoms with Crippen molar-refractivity contribution in [1.82, 2.24) is 10.2 Å². The van der Waals surface area contributed by atoms with Crippen molar-refractivity contribution in [2.45, 2.75) is 58.9 Å². The number of benzene rings is 1. The van der Waals surface area contributed by atoms with Crippen molar-refractivity contribution in [3.8, 4) is 5.75 Å². The Hall–Kier alpha value is -2.41. The monoisotopic (exact) mass is 415 g/mol. The number of anilines is 1. The highest BCUT2D eigenvalue weighted by Crippen LogP contribution is 2.31. The van der Waals surface area contributed by atoms with E-state index in [9.17, 15) is 14.4 Å². The summed E-state index contributed by atoms with van der Waals surface area (Å²) in [6, 6.07) is 5.12. The normalized spacial score (nSPS) is 17.9. The highest BCUT2D eigenvalue weighted by molar-refractivity contribution is 6.15. The molecule has 0 radical (unpaired) electrons. The van der Waals surface area contributed by atoms with E-state index in [-0.39, 0.29) is 30.8 Å². The summed E-state index contributed by atoms with van der Waals surface area (Å²) < 4.78 is 5.95. The summed E-state index contributed by atoms with van der Waals surface area (Å²) in [6.45, 7) is 8.15. The van der Waals surface area contributed by atoms with E-state index in [0.717, 1.165) is 37.3 Å². The van der Waals surface area contributed by atoms with Gasteiger partial charge in [-0.15, -0.1) is 0 Å². The quantitative estimate of drug-likeness (QED) is 0.741. The molecule has 1 aromatic carbocycles. The number of rotatable bonds is 7. The first-order valence-electron chi connectivity index (χ1n) is 11.1. The molecule has 3 amide bonds. The second-order valence-electron chi connectivity index (χ2n) is 8.40. The molecule has 2 aliphatic heterocycles. The van der Waals surface area contributed by atoms with Crippen LogP contribution in [0.25, 0.3) is 0 Å². The van der Waals surface area contributed by atoms with E-state index in [0.29, 0.717) is 35.9 Å². The second-order valence-corrected chi connectivity index (χ2v) is 8.40. The van der Waals surface area contributed by atoms with Gasteiger partial charge in [-0.2, -0.15) is 0 Å². The fourth-order valence-electron chi connectivity index (χ4n) is 4.18. The first-order chi connectivity index (χ1) is 14.4. The molecular weight excluding hydrogens is 382 g/mol. The molecule has 1 fully saturated rings. The van der Waals surface area contributed by atoms with Gasteiger partial charge in [0.05, 0.1) is 17.9 Å². The fourth-order valence-corrected chi connectivity index (χ4v) is 4.18. The van der Waals surface area contributed by atoms with Crippen LogP contribution >= 0.6 is 0 Å². The van der Waals surface area contributed by atoms with E-state index in [1.807, 2.05) is 20.8 Å². The number of amides is 3. The lowest BCUT2D eigenvalue weighted by Crippen LogP contribution is -2.44. The zero-order valence-electron chi connectivity index (χ0n) is 18.3. The van der Waals surface area contributed by atoms with Crippen molar-refractivity contribution >= 4 is 23.4 Å². The Morgan fingerprint density at radius 1 is 1.23 bits per heavy atom. The maximum atomic E-state index is 13.2. The Balaban J connectivity index is 1.82. The molecule has 1 aromatic rings. The van der Waals surface area contributed by atoms with E-state index in [1.54, 1.807) is 23.1 Å². The Labute approximate surface area is 178 Å². The Bertz CT molecular complexity index is 787. The minimum atomic E-state index is -0.427. The van der Waals surface area contributed by atoms with Crippen LogP contribution in [-0.2, 0) is 9.59 Å². The average molecular weight is 416 g/mol. The highest BCUT2D eigenvalue weighted by Gasteiger charge is 2.35. The standard InChI is InChI=1S/C23H33N3O4/c1-4-5-21(27)25-15-22(28)26(16(2)3)20-7-6-18(14-19(20)23(25)29)30-13-10-17-8-11-24-12-9-17/h6-7,14,16-17,24H,4-5,8-13,15H2,1-3H3. The molecule has 1 saturated heterocycles.